The van der Waals surface area contributed by atoms with Crippen molar-refractivity contribution in [2.45, 2.75) is 13.3 Å². The molecule has 0 spiro atoms. The Bertz CT molecular complexity index is 596. The van der Waals surface area contributed by atoms with E-state index in [0.717, 1.165) is 18.0 Å². The van der Waals surface area contributed by atoms with Crippen LogP contribution >= 0.6 is 11.3 Å². The van der Waals surface area contributed by atoms with Crippen molar-refractivity contribution in [3.63, 3.8) is 0 Å². The second-order valence-corrected chi connectivity index (χ2v) is 4.57. The molecule has 0 saturated carbocycles. The number of hydrazone groups is 1. The molecular weight excluding hydrogens is 275 g/mol. The van der Waals surface area contributed by atoms with Crippen LogP contribution < -0.4 is 5.43 Å². The minimum Gasteiger partial charge on any atom is -0.253 e. The zero-order valence-electron chi connectivity index (χ0n) is 9.90. The van der Waals surface area contributed by atoms with Gasteiger partial charge in [0, 0.05) is 16.5 Å². The van der Waals surface area contributed by atoms with Crippen LogP contribution in [0.3, 0.4) is 0 Å². The molecule has 0 aliphatic heterocycles. The van der Waals surface area contributed by atoms with E-state index in [4.69, 9.17) is 0 Å². The lowest BCUT2D eigenvalue weighted by molar-refractivity contribution is 0.151. The van der Waals surface area contributed by atoms with Gasteiger partial charge in [0.25, 0.3) is 6.43 Å². The van der Waals surface area contributed by atoms with Gasteiger partial charge in [0.1, 0.15) is 5.82 Å². The van der Waals surface area contributed by atoms with Crippen molar-refractivity contribution in [3.8, 4) is 0 Å². The molecule has 1 heterocycles. The molecular formula is C12H10F3N3S. The number of hydrogen-bond donors (Lipinski definition) is 1. The predicted molar refractivity (Wildman–Crippen MR) is 69.4 cm³/mol. The summed E-state index contributed by atoms with van der Waals surface area (Å²) in [4.78, 5) is 4.07. The summed E-state index contributed by atoms with van der Waals surface area (Å²) in [6.45, 7) is 1.82. The number of rotatable bonds is 4. The Morgan fingerprint density at radius 2 is 2.21 bits per heavy atom. The number of benzene rings is 1. The van der Waals surface area contributed by atoms with Gasteiger partial charge in [-0.1, -0.05) is 12.1 Å². The van der Waals surface area contributed by atoms with Gasteiger partial charge in [0.15, 0.2) is 0 Å². The summed E-state index contributed by atoms with van der Waals surface area (Å²) < 4.78 is 38.9. The summed E-state index contributed by atoms with van der Waals surface area (Å²) in [5.41, 5.74) is 2.78. The number of aromatic nitrogens is 1. The van der Waals surface area contributed by atoms with Crippen molar-refractivity contribution < 1.29 is 13.2 Å². The zero-order valence-corrected chi connectivity index (χ0v) is 10.7. The maximum absolute atomic E-state index is 13.5. The molecule has 2 rings (SSSR count). The average molecular weight is 285 g/mol. The molecule has 0 aliphatic carbocycles. The first kappa shape index (κ1) is 13.5. The van der Waals surface area contributed by atoms with E-state index in [2.05, 4.69) is 15.5 Å². The van der Waals surface area contributed by atoms with E-state index in [1.807, 2.05) is 12.3 Å². The lowest BCUT2D eigenvalue weighted by Gasteiger charge is -2.05. The summed E-state index contributed by atoms with van der Waals surface area (Å²) in [5.74, 6) is -0.737. The third-order valence-corrected chi connectivity index (χ3v) is 3.16. The number of nitrogens with zero attached hydrogens (tertiary/aromatic N) is 2. The summed E-state index contributed by atoms with van der Waals surface area (Å²) in [7, 11) is 0. The zero-order chi connectivity index (χ0) is 13.8. The van der Waals surface area contributed by atoms with Crippen LogP contribution in [0.2, 0.25) is 0 Å². The van der Waals surface area contributed by atoms with Gasteiger partial charge in [-0.2, -0.15) is 5.10 Å². The van der Waals surface area contributed by atoms with Crippen LogP contribution in [-0.2, 0) is 0 Å². The quantitative estimate of drug-likeness (QED) is 0.681. The monoisotopic (exact) mass is 285 g/mol. The Labute approximate surface area is 111 Å². The summed E-state index contributed by atoms with van der Waals surface area (Å²) >= 11 is 1.32. The number of thiazole rings is 1. The van der Waals surface area contributed by atoms with Crippen LogP contribution in [0.15, 0.2) is 28.7 Å². The van der Waals surface area contributed by atoms with Crippen LogP contribution in [0.5, 0.6) is 0 Å². The predicted octanol–water partition coefficient (Wildman–Crippen LogP) is 3.97. The molecule has 0 amide bonds. The molecule has 1 aromatic carbocycles. The van der Waals surface area contributed by atoms with Gasteiger partial charge in [-0.25, -0.2) is 18.2 Å². The average Bonchev–Trinajstić information content (AvgIpc) is 2.77. The van der Waals surface area contributed by atoms with E-state index >= 15 is 0 Å². The second kappa shape index (κ2) is 5.83. The first-order valence-electron chi connectivity index (χ1n) is 5.35. The molecule has 0 fully saturated rings. The summed E-state index contributed by atoms with van der Waals surface area (Å²) in [6.07, 6.45) is -1.72. The molecule has 19 heavy (non-hydrogen) atoms. The Balaban J connectivity index is 2.18. The normalized spacial score (nSPS) is 11.4. The van der Waals surface area contributed by atoms with Gasteiger partial charge in [0.05, 0.1) is 11.9 Å². The van der Waals surface area contributed by atoms with Crippen molar-refractivity contribution in [3.05, 3.63) is 46.2 Å². The molecule has 100 valence electrons. The number of halogens is 3. The van der Waals surface area contributed by atoms with E-state index in [9.17, 15) is 13.2 Å². The highest BCUT2D eigenvalue weighted by Gasteiger charge is 2.14. The molecule has 0 radical (unpaired) electrons. The molecule has 0 atom stereocenters. The minimum atomic E-state index is -2.75. The molecule has 1 N–H and O–H groups in total. The topological polar surface area (TPSA) is 37.3 Å². The van der Waals surface area contributed by atoms with Gasteiger partial charge in [-0.3, -0.25) is 5.43 Å². The molecule has 3 nitrogen and oxygen atoms in total. The van der Waals surface area contributed by atoms with Gasteiger partial charge in [-0.05, 0) is 13.0 Å². The molecule has 2 aromatic rings. The summed E-state index contributed by atoms with van der Waals surface area (Å²) in [6, 6.07) is 3.52. The van der Waals surface area contributed by atoms with Crippen molar-refractivity contribution in [2.24, 2.45) is 5.10 Å². The van der Waals surface area contributed by atoms with E-state index in [0.29, 0.717) is 5.13 Å². The Morgan fingerprint density at radius 3 is 2.84 bits per heavy atom. The van der Waals surface area contributed by atoms with Crippen LogP contribution in [0.4, 0.5) is 18.3 Å². The van der Waals surface area contributed by atoms with Crippen molar-refractivity contribution >= 4 is 22.7 Å². The Morgan fingerprint density at radius 1 is 1.42 bits per heavy atom. The van der Waals surface area contributed by atoms with E-state index in [1.165, 1.54) is 23.5 Å². The molecule has 0 unspecified atom stereocenters. The standard InChI is InChI=1S/C12H10F3N3S/c1-7-6-19-12(17-7)18-16-5-9-8(11(14)15)3-2-4-10(9)13/h2-6,11H,1H3,(H,17,18). The van der Waals surface area contributed by atoms with Gasteiger partial charge >= 0.3 is 0 Å². The first-order valence-corrected chi connectivity index (χ1v) is 6.23. The van der Waals surface area contributed by atoms with E-state index in [1.54, 1.807) is 0 Å². The van der Waals surface area contributed by atoms with Gasteiger partial charge < -0.3 is 0 Å². The van der Waals surface area contributed by atoms with Gasteiger partial charge in [0.2, 0.25) is 5.13 Å². The maximum atomic E-state index is 13.5. The smallest absolute Gasteiger partial charge is 0.253 e. The second-order valence-electron chi connectivity index (χ2n) is 3.71. The fourth-order valence-corrected chi connectivity index (χ4v) is 2.07. The van der Waals surface area contributed by atoms with Crippen molar-refractivity contribution in [1.82, 2.24) is 4.98 Å². The van der Waals surface area contributed by atoms with Crippen LogP contribution in [0, 0.1) is 12.7 Å². The Kier molecular flexibility index (Phi) is 4.16. The fraction of sp³-hybridized carbons (Fsp3) is 0.167. The highest BCUT2D eigenvalue weighted by molar-refractivity contribution is 7.13. The van der Waals surface area contributed by atoms with Crippen LogP contribution in [0.1, 0.15) is 23.2 Å². The molecule has 7 heteroatoms. The number of alkyl halides is 2. The SMILES string of the molecule is Cc1csc(NN=Cc2c(F)cccc2C(F)F)n1. The number of aryl methyl sites for hydroxylation is 1. The Hall–Kier alpha value is -1.89. The highest BCUT2D eigenvalue weighted by Crippen LogP contribution is 2.23. The van der Waals surface area contributed by atoms with Crippen LogP contribution in [0.25, 0.3) is 0 Å². The van der Waals surface area contributed by atoms with Crippen molar-refractivity contribution in [2.75, 3.05) is 5.43 Å². The molecule has 0 aliphatic rings. The lowest BCUT2D eigenvalue weighted by Crippen LogP contribution is -1.99. The maximum Gasteiger partial charge on any atom is 0.264 e. The largest absolute Gasteiger partial charge is 0.264 e. The van der Waals surface area contributed by atoms with Gasteiger partial charge in [-0.15, -0.1) is 11.3 Å². The molecule has 0 saturated heterocycles. The fourth-order valence-electron chi connectivity index (χ4n) is 1.44. The third-order valence-electron chi connectivity index (χ3n) is 2.29. The minimum absolute atomic E-state index is 0.224. The number of nitrogens with one attached hydrogen (secondary N) is 1. The van der Waals surface area contributed by atoms with Crippen LogP contribution in [-0.4, -0.2) is 11.2 Å². The highest BCUT2D eigenvalue weighted by atomic mass is 32.1. The van der Waals surface area contributed by atoms with E-state index < -0.39 is 12.2 Å². The lowest BCUT2D eigenvalue weighted by atomic mass is 10.1. The molecule has 0 bridgehead atoms. The first-order chi connectivity index (χ1) is 9.08. The van der Waals surface area contributed by atoms with Crippen molar-refractivity contribution in [1.29, 1.82) is 0 Å². The molecule has 1 aromatic heterocycles. The number of hydrogen-bond acceptors (Lipinski definition) is 4. The number of anilines is 1. The third kappa shape index (κ3) is 3.31. The van der Waals surface area contributed by atoms with E-state index in [-0.39, 0.29) is 11.1 Å². The summed E-state index contributed by atoms with van der Waals surface area (Å²) in [5, 5.41) is 6.06.